The Bertz CT molecular complexity index is 581. The molecule has 2 nitrogen and oxygen atoms in total. The molecule has 0 bridgehead atoms. The quantitative estimate of drug-likeness (QED) is 0.884. The molecule has 0 saturated heterocycles. The lowest BCUT2D eigenvalue weighted by atomic mass is 10.1. The number of nitrogens with zero attached hydrogens (tertiary/aromatic N) is 1. The van der Waals surface area contributed by atoms with E-state index in [-0.39, 0.29) is 5.82 Å². The molecule has 0 aliphatic heterocycles. The Morgan fingerprint density at radius 3 is 2.55 bits per heavy atom. The van der Waals surface area contributed by atoms with Gasteiger partial charge in [-0.3, -0.25) is 0 Å². The van der Waals surface area contributed by atoms with Crippen LogP contribution in [-0.4, -0.2) is 13.6 Å². The zero-order valence-corrected chi connectivity index (χ0v) is 12.3. The summed E-state index contributed by atoms with van der Waals surface area (Å²) in [6.45, 7) is 5.82. The van der Waals surface area contributed by atoms with Crippen molar-refractivity contribution in [2.24, 2.45) is 0 Å². The molecule has 2 aromatic carbocycles. The molecule has 0 radical (unpaired) electrons. The lowest BCUT2D eigenvalue weighted by Gasteiger charge is -2.25. The highest BCUT2D eigenvalue weighted by Gasteiger charge is 2.10. The third-order valence-electron chi connectivity index (χ3n) is 3.37. The molecule has 0 spiro atoms. The SMILES string of the molecule is CCN(c1cccc(F)c1)c1ccc(CNC)cc1C. The molecule has 2 rings (SSSR count). The van der Waals surface area contributed by atoms with Gasteiger partial charge in [0.05, 0.1) is 0 Å². The van der Waals surface area contributed by atoms with Gasteiger partial charge in [0.15, 0.2) is 0 Å². The standard InChI is InChI=1S/C17H21FN2/c1-4-20(16-7-5-6-15(18)11-16)17-9-8-14(12-19-3)10-13(17)2/h5-11,19H,4,12H2,1-3H3. The van der Waals surface area contributed by atoms with E-state index in [1.54, 1.807) is 12.1 Å². The summed E-state index contributed by atoms with van der Waals surface area (Å²) in [6.07, 6.45) is 0. The average Bonchev–Trinajstić information content (AvgIpc) is 2.42. The van der Waals surface area contributed by atoms with Crippen LogP contribution in [0.1, 0.15) is 18.1 Å². The number of hydrogen-bond donors (Lipinski definition) is 1. The van der Waals surface area contributed by atoms with E-state index in [4.69, 9.17) is 0 Å². The van der Waals surface area contributed by atoms with E-state index < -0.39 is 0 Å². The summed E-state index contributed by atoms with van der Waals surface area (Å²) in [5.74, 6) is -0.203. The molecule has 0 heterocycles. The van der Waals surface area contributed by atoms with Gasteiger partial charge in [0.1, 0.15) is 5.82 Å². The predicted molar refractivity (Wildman–Crippen MR) is 83.0 cm³/mol. The number of hydrogen-bond acceptors (Lipinski definition) is 2. The summed E-state index contributed by atoms with van der Waals surface area (Å²) < 4.78 is 13.4. The van der Waals surface area contributed by atoms with Crippen molar-refractivity contribution in [1.82, 2.24) is 5.32 Å². The minimum atomic E-state index is -0.203. The molecular weight excluding hydrogens is 251 g/mol. The fourth-order valence-corrected chi connectivity index (χ4v) is 2.47. The molecule has 2 aromatic rings. The maximum absolute atomic E-state index is 13.4. The van der Waals surface area contributed by atoms with Gasteiger partial charge in [-0.25, -0.2) is 4.39 Å². The van der Waals surface area contributed by atoms with Crippen LogP contribution >= 0.6 is 0 Å². The van der Waals surface area contributed by atoms with E-state index in [0.29, 0.717) is 0 Å². The van der Waals surface area contributed by atoms with Gasteiger partial charge in [0, 0.05) is 24.5 Å². The fraction of sp³-hybridized carbons (Fsp3) is 0.294. The summed E-state index contributed by atoms with van der Waals surface area (Å²) in [5.41, 5.74) is 4.46. The van der Waals surface area contributed by atoms with Crippen molar-refractivity contribution in [3.8, 4) is 0 Å². The number of benzene rings is 2. The van der Waals surface area contributed by atoms with Crippen LogP contribution in [0.25, 0.3) is 0 Å². The van der Waals surface area contributed by atoms with Crippen molar-refractivity contribution in [3.63, 3.8) is 0 Å². The Kier molecular flexibility index (Phi) is 4.74. The van der Waals surface area contributed by atoms with Crippen LogP contribution < -0.4 is 10.2 Å². The molecule has 0 aliphatic carbocycles. The topological polar surface area (TPSA) is 15.3 Å². The second-order valence-electron chi connectivity index (χ2n) is 4.88. The number of aryl methyl sites for hydroxylation is 1. The Morgan fingerprint density at radius 1 is 1.15 bits per heavy atom. The highest BCUT2D eigenvalue weighted by Crippen LogP contribution is 2.29. The molecule has 0 aromatic heterocycles. The van der Waals surface area contributed by atoms with Crippen LogP contribution in [-0.2, 0) is 6.54 Å². The number of nitrogens with one attached hydrogen (secondary N) is 1. The Labute approximate surface area is 120 Å². The van der Waals surface area contributed by atoms with Gasteiger partial charge in [-0.05, 0) is 56.3 Å². The van der Waals surface area contributed by atoms with Gasteiger partial charge in [-0.2, -0.15) is 0 Å². The fourth-order valence-electron chi connectivity index (χ4n) is 2.47. The predicted octanol–water partition coefficient (Wildman–Crippen LogP) is 4.01. The molecule has 1 N–H and O–H groups in total. The third-order valence-corrected chi connectivity index (χ3v) is 3.37. The molecule has 0 aliphatic rings. The second kappa shape index (κ2) is 6.53. The van der Waals surface area contributed by atoms with Crippen molar-refractivity contribution in [3.05, 3.63) is 59.4 Å². The molecule has 0 saturated carbocycles. The first-order chi connectivity index (χ1) is 9.65. The van der Waals surface area contributed by atoms with Crippen molar-refractivity contribution in [2.45, 2.75) is 20.4 Å². The van der Waals surface area contributed by atoms with E-state index in [2.05, 4.69) is 42.3 Å². The first kappa shape index (κ1) is 14.5. The van der Waals surface area contributed by atoms with Gasteiger partial charge in [0.2, 0.25) is 0 Å². The first-order valence-electron chi connectivity index (χ1n) is 6.93. The van der Waals surface area contributed by atoms with Gasteiger partial charge in [-0.15, -0.1) is 0 Å². The molecule has 0 amide bonds. The Morgan fingerprint density at radius 2 is 1.95 bits per heavy atom. The monoisotopic (exact) mass is 272 g/mol. The summed E-state index contributed by atoms with van der Waals surface area (Å²) in [4.78, 5) is 2.13. The van der Waals surface area contributed by atoms with Crippen molar-refractivity contribution in [1.29, 1.82) is 0 Å². The highest BCUT2D eigenvalue weighted by molar-refractivity contribution is 5.66. The zero-order valence-electron chi connectivity index (χ0n) is 12.3. The smallest absolute Gasteiger partial charge is 0.125 e. The van der Waals surface area contributed by atoms with Crippen LogP contribution in [0.3, 0.4) is 0 Å². The molecule has 20 heavy (non-hydrogen) atoms. The van der Waals surface area contributed by atoms with Crippen molar-refractivity contribution < 1.29 is 4.39 Å². The van der Waals surface area contributed by atoms with Crippen LogP contribution in [0.5, 0.6) is 0 Å². The summed E-state index contributed by atoms with van der Waals surface area (Å²) >= 11 is 0. The van der Waals surface area contributed by atoms with E-state index in [9.17, 15) is 4.39 Å². The lowest BCUT2D eigenvalue weighted by Crippen LogP contribution is -2.17. The minimum Gasteiger partial charge on any atom is -0.341 e. The maximum atomic E-state index is 13.4. The van der Waals surface area contributed by atoms with Crippen LogP contribution in [0.15, 0.2) is 42.5 Å². The molecule has 106 valence electrons. The highest BCUT2D eigenvalue weighted by atomic mass is 19.1. The van der Waals surface area contributed by atoms with Gasteiger partial charge >= 0.3 is 0 Å². The van der Waals surface area contributed by atoms with Gasteiger partial charge < -0.3 is 10.2 Å². The molecule has 0 fully saturated rings. The maximum Gasteiger partial charge on any atom is 0.125 e. The average molecular weight is 272 g/mol. The molecule has 0 unspecified atom stereocenters. The van der Waals surface area contributed by atoms with E-state index in [0.717, 1.165) is 24.5 Å². The van der Waals surface area contributed by atoms with Gasteiger partial charge in [0.25, 0.3) is 0 Å². The largest absolute Gasteiger partial charge is 0.341 e. The van der Waals surface area contributed by atoms with Crippen molar-refractivity contribution >= 4 is 11.4 Å². The first-order valence-corrected chi connectivity index (χ1v) is 6.93. The Balaban J connectivity index is 2.37. The summed E-state index contributed by atoms with van der Waals surface area (Å²) in [7, 11) is 1.94. The molecular formula is C17H21FN2. The van der Waals surface area contributed by atoms with E-state index >= 15 is 0 Å². The Hall–Kier alpha value is -1.87. The molecule has 0 atom stereocenters. The van der Waals surface area contributed by atoms with Crippen molar-refractivity contribution in [2.75, 3.05) is 18.5 Å². The summed E-state index contributed by atoms with van der Waals surface area (Å²) in [6, 6.07) is 13.1. The minimum absolute atomic E-state index is 0.203. The number of rotatable bonds is 5. The van der Waals surface area contributed by atoms with Crippen LogP contribution in [0.2, 0.25) is 0 Å². The van der Waals surface area contributed by atoms with E-state index in [1.807, 2.05) is 13.1 Å². The number of anilines is 2. The second-order valence-corrected chi connectivity index (χ2v) is 4.88. The van der Waals surface area contributed by atoms with E-state index in [1.165, 1.54) is 17.2 Å². The van der Waals surface area contributed by atoms with Crippen LogP contribution in [0, 0.1) is 12.7 Å². The lowest BCUT2D eigenvalue weighted by molar-refractivity contribution is 0.627. The van der Waals surface area contributed by atoms with Gasteiger partial charge in [-0.1, -0.05) is 18.2 Å². The number of halogens is 1. The van der Waals surface area contributed by atoms with Crippen LogP contribution in [0.4, 0.5) is 15.8 Å². The normalized spacial score (nSPS) is 10.6. The third kappa shape index (κ3) is 3.17. The zero-order chi connectivity index (χ0) is 14.5. The summed E-state index contributed by atoms with van der Waals surface area (Å²) in [5, 5.41) is 3.15. The molecule has 3 heteroatoms.